The first-order valence-corrected chi connectivity index (χ1v) is 7.02. The summed E-state index contributed by atoms with van der Waals surface area (Å²) in [6.07, 6.45) is 0. The van der Waals surface area contributed by atoms with E-state index in [1.165, 1.54) is 10.6 Å². The van der Waals surface area contributed by atoms with Crippen LogP contribution in [0.5, 0.6) is 0 Å². The van der Waals surface area contributed by atoms with Gasteiger partial charge in [0.15, 0.2) is 0 Å². The van der Waals surface area contributed by atoms with Crippen LogP contribution in [0.25, 0.3) is 10.9 Å². The predicted molar refractivity (Wildman–Crippen MR) is 83.6 cm³/mol. The molecule has 0 aliphatic carbocycles. The van der Waals surface area contributed by atoms with Crippen LogP contribution >= 0.6 is 0 Å². The average molecular weight is 316 g/mol. The minimum Gasteiger partial charge on any atom is -0.296 e. The molecule has 0 spiro atoms. The van der Waals surface area contributed by atoms with E-state index in [1.807, 2.05) is 13.0 Å². The lowest BCUT2D eigenvalue weighted by Gasteiger charge is -2.11. The van der Waals surface area contributed by atoms with E-state index in [1.54, 1.807) is 19.2 Å². The Bertz CT molecular complexity index is 1040. The molecule has 0 saturated carbocycles. The molecule has 1 heterocycles. The van der Waals surface area contributed by atoms with E-state index < -0.39 is 22.9 Å². The Labute approximate surface area is 130 Å². The summed E-state index contributed by atoms with van der Waals surface area (Å²) in [4.78, 5) is 25.0. The van der Waals surface area contributed by atoms with Gasteiger partial charge in [-0.25, -0.2) is 13.6 Å². The molecule has 0 amide bonds. The second-order valence-electron chi connectivity index (χ2n) is 5.49. The normalized spacial score (nSPS) is 11.1. The van der Waals surface area contributed by atoms with Gasteiger partial charge in [-0.1, -0.05) is 17.7 Å². The van der Waals surface area contributed by atoms with Crippen molar-refractivity contribution in [2.45, 2.75) is 13.5 Å². The van der Waals surface area contributed by atoms with E-state index in [0.29, 0.717) is 10.9 Å². The molecule has 0 N–H and O–H groups in total. The van der Waals surface area contributed by atoms with Crippen molar-refractivity contribution >= 4 is 10.9 Å². The molecular formula is C17H14F2N2O2. The summed E-state index contributed by atoms with van der Waals surface area (Å²) in [5, 5.41) is 0.384. The number of hydrogen-bond donors (Lipinski definition) is 0. The van der Waals surface area contributed by atoms with Crippen LogP contribution in [0.1, 0.15) is 11.1 Å². The maximum absolute atomic E-state index is 13.8. The van der Waals surface area contributed by atoms with Crippen molar-refractivity contribution in [3.05, 3.63) is 80.0 Å². The highest BCUT2D eigenvalue weighted by molar-refractivity contribution is 5.78. The summed E-state index contributed by atoms with van der Waals surface area (Å²) in [6.45, 7) is 1.59. The van der Waals surface area contributed by atoms with Gasteiger partial charge in [-0.05, 0) is 25.1 Å². The SMILES string of the molecule is Cc1ccc2c(c1)c(=O)n(Cc1ccc(F)cc1F)c(=O)n2C. The average Bonchev–Trinajstić information content (AvgIpc) is 2.51. The Morgan fingerprint density at radius 3 is 2.48 bits per heavy atom. The predicted octanol–water partition coefficient (Wildman–Crippen LogP) is 2.34. The van der Waals surface area contributed by atoms with Crippen LogP contribution in [0, 0.1) is 18.6 Å². The third-order valence-electron chi connectivity index (χ3n) is 3.85. The van der Waals surface area contributed by atoms with Crippen molar-refractivity contribution in [2.24, 2.45) is 7.05 Å². The van der Waals surface area contributed by atoms with Crippen LogP contribution in [0.2, 0.25) is 0 Å². The molecule has 4 nitrogen and oxygen atoms in total. The van der Waals surface area contributed by atoms with Crippen molar-refractivity contribution in [3.63, 3.8) is 0 Å². The molecule has 0 atom stereocenters. The smallest absolute Gasteiger partial charge is 0.296 e. The highest BCUT2D eigenvalue weighted by Gasteiger charge is 2.13. The van der Waals surface area contributed by atoms with Gasteiger partial charge >= 0.3 is 5.69 Å². The first-order chi connectivity index (χ1) is 10.9. The number of hydrogen-bond acceptors (Lipinski definition) is 2. The quantitative estimate of drug-likeness (QED) is 0.728. The molecule has 118 valence electrons. The zero-order chi connectivity index (χ0) is 16.7. The van der Waals surface area contributed by atoms with Gasteiger partial charge in [0.25, 0.3) is 5.56 Å². The topological polar surface area (TPSA) is 44.0 Å². The van der Waals surface area contributed by atoms with Gasteiger partial charge in [-0.3, -0.25) is 13.9 Å². The molecule has 6 heteroatoms. The van der Waals surface area contributed by atoms with Gasteiger partial charge in [-0.15, -0.1) is 0 Å². The van der Waals surface area contributed by atoms with E-state index in [2.05, 4.69) is 0 Å². The fourth-order valence-electron chi connectivity index (χ4n) is 2.59. The minimum absolute atomic E-state index is 0.0811. The molecule has 3 rings (SSSR count). The molecular weight excluding hydrogens is 302 g/mol. The molecule has 0 aliphatic heterocycles. The third kappa shape index (κ3) is 2.56. The van der Waals surface area contributed by atoms with Crippen LogP contribution in [-0.4, -0.2) is 9.13 Å². The summed E-state index contributed by atoms with van der Waals surface area (Å²) >= 11 is 0. The minimum atomic E-state index is -0.789. The zero-order valence-corrected chi connectivity index (χ0v) is 12.6. The van der Waals surface area contributed by atoms with E-state index in [-0.39, 0.29) is 12.1 Å². The highest BCUT2D eigenvalue weighted by atomic mass is 19.1. The van der Waals surface area contributed by atoms with Gasteiger partial charge < -0.3 is 0 Å². The molecule has 0 aliphatic rings. The van der Waals surface area contributed by atoms with Crippen LogP contribution < -0.4 is 11.2 Å². The number of halogens is 2. The maximum atomic E-state index is 13.8. The number of aromatic nitrogens is 2. The van der Waals surface area contributed by atoms with Crippen LogP contribution in [0.4, 0.5) is 8.78 Å². The van der Waals surface area contributed by atoms with E-state index in [9.17, 15) is 18.4 Å². The standard InChI is InChI=1S/C17H14F2N2O2/c1-10-3-6-15-13(7-10)16(22)21(17(23)20(15)2)9-11-4-5-12(18)8-14(11)19/h3-8H,9H2,1-2H3. The van der Waals surface area contributed by atoms with Crippen LogP contribution in [0.3, 0.4) is 0 Å². The fraction of sp³-hybridized carbons (Fsp3) is 0.176. The first kappa shape index (κ1) is 15.1. The van der Waals surface area contributed by atoms with Crippen molar-refractivity contribution in [3.8, 4) is 0 Å². The molecule has 23 heavy (non-hydrogen) atoms. The van der Waals surface area contributed by atoms with Crippen molar-refractivity contribution in [1.29, 1.82) is 0 Å². The summed E-state index contributed by atoms with van der Waals surface area (Å²) in [5.41, 5.74) is 0.442. The van der Waals surface area contributed by atoms with E-state index in [0.717, 1.165) is 22.3 Å². The molecule has 0 unspecified atom stereocenters. The first-order valence-electron chi connectivity index (χ1n) is 7.02. The van der Waals surface area contributed by atoms with Gasteiger partial charge in [0.2, 0.25) is 0 Å². The maximum Gasteiger partial charge on any atom is 0.331 e. The lowest BCUT2D eigenvalue weighted by molar-refractivity contribution is 0.558. The van der Waals surface area contributed by atoms with Crippen molar-refractivity contribution in [2.75, 3.05) is 0 Å². The largest absolute Gasteiger partial charge is 0.331 e. The second-order valence-corrected chi connectivity index (χ2v) is 5.49. The number of nitrogens with zero attached hydrogens (tertiary/aromatic N) is 2. The zero-order valence-electron chi connectivity index (χ0n) is 12.6. The van der Waals surface area contributed by atoms with Gasteiger partial charge in [0.1, 0.15) is 11.6 Å². The molecule has 0 fully saturated rings. The summed E-state index contributed by atoms with van der Waals surface area (Å²) in [7, 11) is 1.55. The molecule has 3 aromatic rings. The van der Waals surface area contributed by atoms with Crippen molar-refractivity contribution in [1.82, 2.24) is 9.13 Å². The van der Waals surface area contributed by atoms with Crippen LogP contribution in [0.15, 0.2) is 46.0 Å². The Morgan fingerprint density at radius 1 is 1.04 bits per heavy atom. The lowest BCUT2D eigenvalue weighted by Crippen LogP contribution is -2.39. The number of fused-ring (bicyclic) bond motifs is 1. The Kier molecular flexibility index (Phi) is 3.60. The molecule has 0 bridgehead atoms. The van der Waals surface area contributed by atoms with E-state index >= 15 is 0 Å². The highest BCUT2D eigenvalue weighted by Crippen LogP contribution is 2.12. The van der Waals surface area contributed by atoms with E-state index in [4.69, 9.17) is 0 Å². The Balaban J connectivity index is 2.25. The number of benzene rings is 2. The number of aryl methyl sites for hydroxylation is 2. The second kappa shape index (κ2) is 5.46. The third-order valence-corrected chi connectivity index (χ3v) is 3.85. The van der Waals surface area contributed by atoms with Gasteiger partial charge in [-0.2, -0.15) is 0 Å². The Morgan fingerprint density at radius 2 is 1.78 bits per heavy atom. The molecule has 1 aromatic heterocycles. The summed E-state index contributed by atoms with van der Waals surface area (Å²) < 4.78 is 29.1. The number of rotatable bonds is 2. The summed E-state index contributed by atoms with van der Waals surface area (Å²) in [5.74, 6) is -1.50. The fourth-order valence-corrected chi connectivity index (χ4v) is 2.59. The molecule has 0 radical (unpaired) electrons. The van der Waals surface area contributed by atoms with Gasteiger partial charge in [0.05, 0.1) is 17.4 Å². The van der Waals surface area contributed by atoms with Crippen LogP contribution in [-0.2, 0) is 13.6 Å². The Hall–Kier alpha value is -2.76. The monoisotopic (exact) mass is 316 g/mol. The molecule has 0 saturated heterocycles. The van der Waals surface area contributed by atoms with Crippen molar-refractivity contribution < 1.29 is 8.78 Å². The summed E-state index contributed by atoms with van der Waals surface area (Å²) in [6, 6.07) is 8.27. The lowest BCUT2D eigenvalue weighted by atomic mass is 10.1. The van der Waals surface area contributed by atoms with Gasteiger partial charge in [0, 0.05) is 18.7 Å². The molecule has 2 aromatic carbocycles.